The molecule has 0 bridgehead atoms. The number of nitro groups is 1. The number of halogens is 1. The van der Waals surface area contributed by atoms with Crippen LogP contribution in [0.1, 0.15) is 5.56 Å². The largest absolute Gasteiger partial charge is 0.305 e. The Balaban J connectivity index is 3.12. The van der Waals surface area contributed by atoms with Crippen LogP contribution in [0.5, 0.6) is 0 Å². The van der Waals surface area contributed by atoms with Crippen LogP contribution in [0.2, 0.25) is 0 Å². The molecule has 1 N–H and O–H groups in total. The molecule has 1 aromatic rings. The van der Waals surface area contributed by atoms with E-state index in [4.69, 9.17) is 10.5 Å². The van der Waals surface area contributed by atoms with Crippen LogP contribution in [0.3, 0.4) is 0 Å². The van der Waals surface area contributed by atoms with Crippen LogP contribution in [0.15, 0.2) is 17.2 Å². The van der Waals surface area contributed by atoms with Crippen molar-refractivity contribution in [1.29, 1.82) is 10.5 Å². The number of nitro benzene ring substituents is 1. The minimum atomic E-state index is -0.990. The first-order valence-electron chi connectivity index (χ1n) is 4.58. The predicted octanol–water partition coefficient (Wildman–Crippen LogP) is 1.86. The van der Waals surface area contributed by atoms with Gasteiger partial charge in [0.25, 0.3) is 0 Å². The molecule has 0 saturated carbocycles. The second-order valence-corrected chi connectivity index (χ2v) is 3.12. The van der Waals surface area contributed by atoms with Crippen LogP contribution >= 0.6 is 0 Å². The minimum Gasteiger partial charge on any atom is -0.276 e. The minimum absolute atomic E-state index is 0.0248. The summed E-state index contributed by atoms with van der Waals surface area (Å²) in [6.45, 7) is 1.32. The lowest BCUT2D eigenvalue weighted by Gasteiger charge is -2.05. The molecular formula is C10H6FN5O2. The fourth-order valence-electron chi connectivity index (χ4n) is 1.12. The molecule has 0 unspecified atom stereocenters. The van der Waals surface area contributed by atoms with Gasteiger partial charge in [0.15, 0.2) is 0 Å². The van der Waals surface area contributed by atoms with E-state index in [1.807, 2.05) is 0 Å². The number of benzene rings is 1. The molecule has 90 valence electrons. The summed E-state index contributed by atoms with van der Waals surface area (Å²) in [5.41, 5.74) is 1.33. The Morgan fingerprint density at radius 1 is 1.50 bits per heavy atom. The average Bonchev–Trinajstić information content (AvgIpc) is 2.35. The number of hydrogen-bond acceptors (Lipinski definition) is 6. The molecule has 1 rings (SSSR count). The standard InChI is InChI=1S/C10H6FN5O2/c1-6-8(15-14-7(4-12)5-13)2-3-9(10(6)11)16(17)18/h2-3,15H,1H3. The number of nitriles is 2. The van der Waals surface area contributed by atoms with Gasteiger partial charge in [-0.05, 0) is 13.0 Å². The van der Waals surface area contributed by atoms with E-state index in [1.165, 1.54) is 25.1 Å². The van der Waals surface area contributed by atoms with E-state index in [0.717, 1.165) is 6.07 Å². The second-order valence-electron chi connectivity index (χ2n) is 3.12. The van der Waals surface area contributed by atoms with Crippen molar-refractivity contribution >= 4 is 17.1 Å². The third-order valence-electron chi connectivity index (χ3n) is 2.06. The van der Waals surface area contributed by atoms with Gasteiger partial charge in [0.1, 0.15) is 12.1 Å². The molecule has 0 amide bonds. The Bertz CT molecular complexity index is 596. The van der Waals surface area contributed by atoms with E-state index in [9.17, 15) is 14.5 Å². The van der Waals surface area contributed by atoms with E-state index in [-0.39, 0.29) is 11.3 Å². The molecule has 7 nitrogen and oxygen atoms in total. The van der Waals surface area contributed by atoms with Crippen LogP contribution in [0.25, 0.3) is 0 Å². The molecule has 0 aliphatic rings. The van der Waals surface area contributed by atoms with Crippen molar-refractivity contribution < 1.29 is 9.31 Å². The van der Waals surface area contributed by atoms with Gasteiger partial charge in [-0.3, -0.25) is 15.5 Å². The number of hydrogen-bond donors (Lipinski definition) is 1. The maximum absolute atomic E-state index is 13.5. The maximum Gasteiger partial charge on any atom is 0.305 e. The number of hydrazone groups is 1. The summed E-state index contributed by atoms with van der Waals surface area (Å²) >= 11 is 0. The molecule has 0 aliphatic carbocycles. The van der Waals surface area contributed by atoms with Gasteiger partial charge < -0.3 is 0 Å². The lowest BCUT2D eigenvalue weighted by molar-refractivity contribution is -0.387. The fourth-order valence-corrected chi connectivity index (χ4v) is 1.12. The van der Waals surface area contributed by atoms with Gasteiger partial charge >= 0.3 is 5.69 Å². The first kappa shape index (κ1) is 13.1. The zero-order valence-electron chi connectivity index (χ0n) is 9.14. The molecule has 0 atom stereocenters. The number of anilines is 1. The van der Waals surface area contributed by atoms with Crippen molar-refractivity contribution in [2.24, 2.45) is 5.10 Å². The summed E-state index contributed by atoms with van der Waals surface area (Å²) in [6, 6.07) is 5.23. The van der Waals surface area contributed by atoms with Gasteiger partial charge in [0, 0.05) is 11.6 Å². The van der Waals surface area contributed by atoms with Gasteiger partial charge in [-0.15, -0.1) is 0 Å². The summed E-state index contributed by atoms with van der Waals surface area (Å²) in [6.07, 6.45) is 0. The van der Waals surface area contributed by atoms with Crippen LogP contribution in [0.4, 0.5) is 15.8 Å². The molecule has 0 fully saturated rings. The zero-order valence-corrected chi connectivity index (χ0v) is 9.14. The Hall–Kier alpha value is -3.00. The third-order valence-corrected chi connectivity index (χ3v) is 2.06. The zero-order chi connectivity index (χ0) is 13.7. The Morgan fingerprint density at radius 3 is 2.61 bits per heavy atom. The molecule has 0 aromatic heterocycles. The quantitative estimate of drug-likeness (QED) is 0.497. The Morgan fingerprint density at radius 2 is 2.11 bits per heavy atom. The highest BCUT2D eigenvalue weighted by Gasteiger charge is 2.18. The highest BCUT2D eigenvalue weighted by Crippen LogP contribution is 2.26. The van der Waals surface area contributed by atoms with E-state index in [2.05, 4.69) is 10.5 Å². The van der Waals surface area contributed by atoms with Crippen molar-refractivity contribution in [3.8, 4) is 12.1 Å². The van der Waals surface area contributed by atoms with E-state index in [0.29, 0.717) is 0 Å². The number of nitrogens with zero attached hydrogens (tertiary/aromatic N) is 4. The van der Waals surface area contributed by atoms with Gasteiger partial charge in [0.05, 0.1) is 10.6 Å². The van der Waals surface area contributed by atoms with Crippen molar-refractivity contribution in [1.82, 2.24) is 0 Å². The number of nitrogens with one attached hydrogen (secondary N) is 1. The third kappa shape index (κ3) is 2.57. The van der Waals surface area contributed by atoms with Gasteiger partial charge in [-0.25, -0.2) is 0 Å². The molecule has 0 aliphatic heterocycles. The average molecular weight is 247 g/mol. The summed E-state index contributed by atoms with van der Waals surface area (Å²) in [4.78, 5) is 9.63. The normalized spacial score (nSPS) is 8.89. The maximum atomic E-state index is 13.5. The van der Waals surface area contributed by atoms with Crippen LogP contribution in [0, 0.1) is 45.5 Å². The van der Waals surface area contributed by atoms with Crippen LogP contribution in [-0.2, 0) is 0 Å². The monoisotopic (exact) mass is 247 g/mol. The van der Waals surface area contributed by atoms with Crippen LogP contribution < -0.4 is 5.43 Å². The molecule has 0 spiro atoms. The molecule has 18 heavy (non-hydrogen) atoms. The van der Waals surface area contributed by atoms with E-state index < -0.39 is 22.1 Å². The van der Waals surface area contributed by atoms with Crippen molar-refractivity contribution in [2.45, 2.75) is 6.92 Å². The van der Waals surface area contributed by atoms with Crippen molar-refractivity contribution in [2.75, 3.05) is 5.43 Å². The highest BCUT2D eigenvalue weighted by atomic mass is 19.1. The van der Waals surface area contributed by atoms with Gasteiger partial charge in [0.2, 0.25) is 11.5 Å². The second kappa shape index (κ2) is 5.37. The SMILES string of the molecule is Cc1c(NN=C(C#N)C#N)ccc([N+](=O)[O-])c1F. The van der Waals surface area contributed by atoms with Crippen LogP contribution in [-0.4, -0.2) is 10.6 Å². The first-order chi connectivity index (χ1) is 8.51. The highest BCUT2D eigenvalue weighted by molar-refractivity contribution is 6.10. The molecule has 0 radical (unpaired) electrons. The van der Waals surface area contributed by atoms with Crippen molar-refractivity contribution in [3.05, 3.63) is 33.6 Å². The fraction of sp³-hybridized carbons (Fsp3) is 0.100. The first-order valence-corrected chi connectivity index (χ1v) is 4.58. The lowest BCUT2D eigenvalue weighted by Crippen LogP contribution is -2.01. The molecule has 1 aromatic carbocycles. The topological polar surface area (TPSA) is 115 Å². The molecular weight excluding hydrogens is 241 g/mol. The van der Waals surface area contributed by atoms with Gasteiger partial charge in [-0.1, -0.05) is 0 Å². The summed E-state index contributed by atoms with van der Waals surface area (Å²) < 4.78 is 13.5. The molecule has 8 heteroatoms. The molecule has 0 saturated heterocycles. The van der Waals surface area contributed by atoms with E-state index >= 15 is 0 Å². The predicted molar refractivity (Wildman–Crippen MR) is 60.1 cm³/mol. The Labute approximate surface area is 101 Å². The molecule has 0 heterocycles. The van der Waals surface area contributed by atoms with Crippen molar-refractivity contribution in [3.63, 3.8) is 0 Å². The number of rotatable bonds is 3. The van der Waals surface area contributed by atoms with E-state index in [1.54, 1.807) is 0 Å². The summed E-state index contributed by atoms with van der Waals surface area (Å²) in [7, 11) is 0. The van der Waals surface area contributed by atoms with Gasteiger partial charge in [-0.2, -0.15) is 20.0 Å². The summed E-state index contributed by atoms with van der Waals surface area (Å²) in [5.74, 6) is -0.990. The summed E-state index contributed by atoms with van der Waals surface area (Å²) in [5, 5.41) is 30.8. The smallest absolute Gasteiger partial charge is 0.276 e. The Kier molecular flexibility index (Phi) is 3.89. The lowest BCUT2D eigenvalue weighted by atomic mass is 10.1.